The lowest BCUT2D eigenvalue weighted by Crippen LogP contribution is -2.35. The molecule has 0 aliphatic carbocycles. The minimum Gasteiger partial charge on any atom is -0.480 e. The molecule has 0 aromatic heterocycles. The second-order valence-electron chi connectivity index (χ2n) is 3.73. The Morgan fingerprint density at radius 2 is 2.06 bits per heavy atom. The van der Waals surface area contributed by atoms with E-state index in [9.17, 15) is 18.0 Å². The van der Waals surface area contributed by atoms with Crippen LogP contribution in [-0.4, -0.2) is 24.2 Å². The van der Waals surface area contributed by atoms with Gasteiger partial charge in [0.15, 0.2) is 0 Å². The lowest BCUT2D eigenvalue weighted by molar-refractivity contribution is -0.139. The zero-order valence-corrected chi connectivity index (χ0v) is 10.1. The topological polar surface area (TPSA) is 49.3 Å². The number of carboxylic acids is 1. The fourth-order valence-electron chi connectivity index (χ4n) is 1.48. The summed E-state index contributed by atoms with van der Waals surface area (Å²) in [6.07, 6.45) is -4.58. The van der Waals surface area contributed by atoms with Gasteiger partial charge in [0.2, 0.25) is 0 Å². The van der Waals surface area contributed by atoms with Crippen LogP contribution in [0.1, 0.15) is 11.1 Å². The van der Waals surface area contributed by atoms with Gasteiger partial charge in [-0.1, -0.05) is 11.6 Å². The van der Waals surface area contributed by atoms with E-state index in [1.54, 1.807) is 0 Å². The molecule has 18 heavy (non-hydrogen) atoms. The molecule has 1 aromatic rings. The minimum atomic E-state index is -4.50. The molecule has 3 nitrogen and oxygen atoms in total. The predicted octanol–water partition coefficient (Wildman–Crippen LogP) is 2.57. The molecule has 7 heteroatoms. The third kappa shape index (κ3) is 3.89. The number of nitrogens with one attached hydrogen (secondary N) is 1. The van der Waals surface area contributed by atoms with Crippen molar-refractivity contribution < 1.29 is 23.1 Å². The lowest BCUT2D eigenvalue weighted by atomic mass is 10.0. The van der Waals surface area contributed by atoms with E-state index >= 15 is 0 Å². The minimum absolute atomic E-state index is 0.0694. The van der Waals surface area contributed by atoms with Crippen molar-refractivity contribution in [1.29, 1.82) is 0 Å². The van der Waals surface area contributed by atoms with Crippen LogP contribution < -0.4 is 5.32 Å². The van der Waals surface area contributed by atoms with Crippen molar-refractivity contribution in [2.45, 2.75) is 18.6 Å². The highest BCUT2D eigenvalue weighted by Gasteiger charge is 2.31. The van der Waals surface area contributed by atoms with Gasteiger partial charge >= 0.3 is 12.1 Å². The Labute approximate surface area is 107 Å². The van der Waals surface area contributed by atoms with Gasteiger partial charge in [-0.25, -0.2) is 0 Å². The van der Waals surface area contributed by atoms with Crippen LogP contribution in [0.15, 0.2) is 18.2 Å². The molecular formula is C11H11ClF3NO2. The van der Waals surface area contributed by atoms with Crippen molar-refractivity contribution >= 4 is 17.6 Å². The number of rotatable bonds is 4. The SMILES string of the molecule is CN[C@@H](Cc1cc(Cl)cc(C(F)(F)F)c1)C(=O)O. The summed E-state index contributed by atoms with van der Waals surface area (Å²) in [5.41, 5.74) is -0.665. The number of carbonyl (C=O) groups is 1. The van der Waals surface area contributed by atoms with Crippen LogP contribution in [0.25, 0.3) is 0 Å². The smallest absolute Gasteiger partial charge is 0.416 e. The van der Waals surface area contributed by atoms with Gasteiger partial charge in [-0.05, 0) is 37.2 Å². The van der Waals surface area contributed by atoms with Crippen LogP contribution >= 0.6 is 11.6 Å². The molecule has 0 saturated heterocycles. The van der Waals surface area contributed by atoms with Crippen LogP contribution in [0.3, 0.4) is 0 Å². The molecule has 1 rings (SSSR count). The van der Waals surface area contributed by atoms with Crippen molar-refractivity contribution in [2.24, 2.45) is 0 Å². The predicted molar refractivity (Wildman–Crippen MR) is 60.6 cm³/mol. The summed E-state index contributed by atoms with van der Waals surface area (Å²) in [6.45, 7) is 0. The van der Waals surface area contributed by atoms with E-state index in [-0.39, 0.29) is 17.0 Å². The summed E-state index contributed by atoms with van der Waals surface area (Å²) < 4.78 is 37.6. The van der Waals surface area contributed by atoms with Gasteiger partial charge in [-0.3, -0.25) is 4.79 Å². The monoisotopic (exact) mass is 281 g/mol. The normalized spacial score (nSPS) is 13.4. The molecule has 2 N–H and O–H groups in total. The first-order valence-corrected chi connectivity index (χ1v) is 5.38. The fraction of sp³-hybridized carbons (Fsp3) is 0.364. The summed E-state index contributed by atoms with van der Waals surface area (Å²) in [5, 5.41) is 11.2. The van der Waals surface area contributed by atoms with Crippen molar-refractivity contribution in [3.63, 3.8) is 0 Å². The van der Waals surface area contributed by atoms with Gasteiger partial charge in [0, 0.05) is 5.02 Å². The molecule has 0 unspecified atom stereocenters. The molecule has 0 aliphatic heterocycles. The molecular weight excluding hydrogens is 271 g/mol. The van der Waals surface area contributed by atoms with Crippen LogP contribution in [0.5, 0.6) is 0 Å². The third-order valence-corrected chi connectivity index (χ3v) is 2.59. The van der Waals surface area contributed by atoms with Gasteiger partial charge in [0.05, 0.1) is 5.56 Å². The lowest BCUT2D eigenvalue weighted by Gasteiger charge is -2.13. The maximum absolute atomic E-state index is 12.5. The average Bonchev–Trinajstić information content (AvgIpc) is 2.23. The molecule has 1 aromatic carbocycles. The van der Waals surface area contributed by atoms with E-state index < -0.39 is 23.8 Å². The molecule has 0 aliphatic rings. The van der Waals surface area contributed by atoms with Crippen molar-refractivity contribution in [2.75, 3.05) is 7.05 Å². The molecule has 0 spiro atoms. The number of likely N-dealkylation sites (N-methyl/N-ethyl adjacent to an activating group) is 1. The zero-order valence-electron chi connectivity index (χ0n) is 9.38. The zero-order chi connectivity index (χ0) is 13.9. The average molecular weight is 282 g/mol. The Bertz CT molecular complexity index is 448. The van der Waals surface area contributed by atoms with Gasteiger partial charge in [-0.2, -0.15) is 13.2 Å². The maximum atomic E-state index is 12.5. The summed E-state index contributed by atoms with van der Waals surface area (Å²) in [5.74, 6) is -1.13. The second kappa shape index (κ2) is 5.58. The first-order valence-electron chi connectivity index (χ1n) is 5.00. The van der Waals surface area contributed by atoms with Crippen molar-refractivity contribution in [3.8, 4) is 0 Å². The van der Waals surface area contributed by atoms with Gasteiger partial charge in [-0.15, -0.1) is 0 Å². The number of alkyl halides is 3. The van der Waals surface area contributed by atoms with E-state index in [0.29, 0.717) is 0 Å². The Hall–Kier alpha value is -1.27. The van der Waals surface area contributed by atoms with E-state index in [1.165, 1.54) is 13.1 Å². The highest BCUT2D eigenvalue weighted by atomic mass is 35.5. The summed E-state index contributed by atoms with van der Waals surface area (Å²) >= 11 is 5.59. The number of halogens is 4. The molecule has 0 radical (unpaired) electrons. The number of benzene rings is 1. The van der Waals surface area contributed by atoms with E-state index in [1.807, 2.05) is 0 Å². The standard InChI is InChI=1S/C11H11ClF3NO2/c1-16-9(10(17)18)4-6-2-7(11(13,14)15)5-8(12)3-6/h2-3,5,9,16H,4H2,1H3,(H,17,18)/t9-/m0/s1. The quantitative estimate of drug-likeness (QED) is 0.892. The first kappa shape index (κ1) is 14.8. The highest BCUT2D eigenvalue weighted by Crippen LogP contribution is 2.32. The maximum Gasteiger partial charge on any atom is 0.416 e. The number of hydrogen-bond acceptors (Lipinski definition) is 2. The largest absolute Gasteiger partial charge is 0.480 e. The van der Waals surface area contributed by atoms with Gasteiger partial charge in [0.1, 0.15) is 6.04 Å². The van der Waals surface area contributed by atoms with Crippen LogP contribution in [0, 0.1) is 0 Å². The Morgan fingerprint density at radius 1 is 1.44 bits per heavy atom. The Kier molecular flexibility index (Phi) is 4.59. The van der Waals surface area contributed by atoms with Gasteiger partial charge in [0.25, 0.3) is 0 Å². The molecule has 0 bridgehead atoms. The van der Waals surface area contributed by atoms with E-state index in [4.69, 9.17) is 16.7 Å². The van der Waals surface area contributed by atoms with Crippen LogP contribution in [0.4, 0.5) is 13.2 Å². The molecule has 0 fully saturated rings. The van der Waals surface area contributed by atoms with Crippen LogP contribution in [0.2, 0.25) is 5.02 Å². The van der Waals surface area contributed by atoms with Crippen LogP contribution in [-0.2, 0) is 17.4 Å². The first-order chi connectivity index (χ1) is 8.24. The molecule has 100 valence electrons. The van der Waals surface area contributed by atoms with E-state index in [0.717, 1.165) is 12.1 Å². The highest BCUT2D eigenvalue weighted by molar-refractivity contribution is 6.30. The Balaban J connectivity index is 3.03. The van der Waals surface area contributed by atoms with Crippen molar-refractivity contribution in [1.82, 2.24) is 5.32 Å². The summed E-state index contributed by atoms with van der Waals surface area (Å²) in [6, 6.07) is 2.08. The van der Waals surface area contributed by atoms with E-state index in [2.05, 4.69) is 5.32 Å². The van der Waals surface area contributed by atoms with Gasteiger partial charge < -0.3 is 10.4 Å². The van der Waals surface area contributed by atoms with Crippen molar-refractivity contribution in [3.05, 3.63) is 34.3 Å². The fourth-order valence-corrected chi connectivity index (χ4v) is 1.74. The summed E-state index contributed by atoms with van der Waals surface area (Å²) in [4.78, 5) is 10.8. The molecule has 1 atom stereocenters. The molecule has 0 heterocycles. The third-order valence-electron chi connectivity index (χ3n) is 2.37. The number of hydrogen-bond donors (Lipinski definition) is 2. The number of carboxylic acid groups (broad SMARTS) is 1. The Morgan fingerprint density at radius 3 is 2.50 bits per heavy atom. The molecule has 0 saturated carbocycles. The molecule has 0 amide bonds. The number of aliphatic carboxylic acids is 1. The second-order valence-corrected chi connectivity index (χ2v) is 4.17. The summed E-state index contributed by atoms with van der Waals surface area (Å²) in [7, 11) is 1.42.